The molecule has 0 aliphatic carbocycles. The van der Waals surface area contributed by atoms with E-state index in [1.54, 1.807) is 7.05 Å². The fraction of sp³-hybridized carbons (Fsp3) is 0.286. The highest BCUT2D eigenvalue weighted by Gasteiger charge is 2.24. The van der Waals surface area contributed by atoms with E-state index >= 15 is 0 Å². The Morgan fingerprint density at radius 2 is 2.03 bits per heavy atom. The molecule has 0 spiro atoms. The van der Waals surface area contributed by atoms with Crippen LogP contribution in [-0.2, 0) is 11.8 Å². The van der Waals surface area contributed by atoms with Crippen molar-refractivity contribution in [2.45, 2.75) is 12.5 Å². The largest absolute Gasteiger partial charge is 0.372 e. The van der Waals surface area contributed by atoms with Crippen LogP contribution in [0.5, 0.6) is 0 Å². The van der Waals surface area contributed by atoms with Crippen molar-refractivity contribution in [3.63, 3.8) is 0 Å². The van der Waals surface area contributed by atoms with Crippen molar-refractivity contribution in [2.75, 3.05) is 24.6 Å². The summed E-state index contributed by atoms with van der Waals surface area (Å²) in [6.07, 6.45) is 3.26. The maximum absolute atomic E-state index is 14.2. The average Bonchev–Trinajstić information content (AvgIpc) is 2.97. The zero-order valence-corrected chi connectivity index (χ0v) is 17.5. The lowest BCUT2D eigenvalue weighted by atomic mass is 10.1. The highest BCUT2D eigenvalue weighted by atomic mass is 79.9. The molecule has 8 heteroatoms. The molecular weight excluding hydrogens is 439 g/mol. The van der Waals surface area contributed by atoms with Gasteiger partial charge in [0.05, 0.1) is 18.4 Å². The highest BCUT2D eigenvalue weighted by molar-refractivity contribution is 9.10. The molecule has 1 atom stereocenters. The topological polar surface area (TPSA) is 60.2 Å². The number of benzene rings is 1. The SMILES string of the molecule is Cn1c(N2CCCO[C@@H](c3ccc(Br)cc3)C2)nc(-c2ccncc2F)cc1=O. The summed E-state index contributed by atoms with van der Waals surface area (Å²) in [5.74, 6) is -0.0116. The Labute approximate surface area is 176 Å². The summed E-state index contributed by atoms with van der Waals surface area (Å²) in [6, 6.07) is 10.9. The van der Waals surface area contributed by atoms with Gasteiger partial charge in [0.15, 0.2) is 5.82 Å². The number of hydrogen-bond donors (Lipinski definition) is 0. The molecule has 1 aliphatic rings. The zero-order chi connectivity index (χ0) is 20.4. The molecule has 1 fully saturated rings. The molecule has 3 heterocycles. The summed E-state index contributed by atoms with van der Waals surface area (Å²) < 4.78 is 22.8. The Morgan fingerprint density at radius 1 is 1.24 bits per heavy atom. The van der Waals surface area contributed by atoms with Crippen molar-refractivity contribution in [1.29, 1.82) is 0 Å². The second kappa shape index (κ2) is 8.42. The van der Waals surface area contributed by atoms with Gasteiger partial charge in [-0.25, -0.2) is 9.37 Å². The molecule has 1 aliphatic heterocycles. The predicted octanol–water partition coefficient (Wildman–Crippen LogP) is 3.71. The van der Waals surface area contributed by atoms with Crippen LogP contribution in [0.25, 0.3) is 11.3 Å². The molecule has 0 saturated carbocycles. The third-order valence-electron chi connectivity index (χ3n) is 4.96. The molecule has 2 aromatic heterocycles. The molecule has 0 bridgehead atoms. The third-order valence-corrected chi connectivity index (χ3v) is 5.49. The van der Waals surface area contributed by atoms with Gasteiger partial charge in [-0.15, -0.1) is 0 Å². The molecule has 0 radical (unpaired) electrons. The summed E-state index contributed by atoms with van der Waals surface area (Å²) in [6.45, 7) is 1.85. The Bertz CT molecular complexity index is 1070. The Morgan fingerprint density at radius 3 is 2.79 bits per heavy atom. The third kappa shape index (κ3) is 4.23. The summed E-state index contributed by atoms with van der Waals surface area (Å²) in [5, 5.41) is 0. The van der Waals surface area contributed by atoms with Gasteiger partial charge in [0, 0.05) is 42.5 Å². The molecule has 6 nitrogen and oxygen atoms in total. The van der Waals surface area contributed by atoms with Crippen LogP contribution in [0.4, 0.5) is 10.3 Å². The number of rotatable bonds is 3. The van der Waals surface area contributed by atoms with Crippen molar-refractivity contribution < 1.29 is 9.13 Å². The van der Waals surface area contributed by atoms with E-state index in [2.05, 4.69) is 25.9 Å². The van der Waals surface area contributed by atoms with Gasteiger partial charge < -0.3 is 9.64 Å². The monoisotopic (exact) mass is 458 g/mol. The lowest BCUT2D eigenvalue weighted by Gasteiger charge is -2.27. The molecule has 0 amide bonds. The van der Waals surface area contributed by atoms with E-state index in [9.17, 15) is 9.18 Å². The van der Waals surface area contributed by atoms with E-state index < -0.39 is 5.82 Å². The molecule has 0 unspecified atom stereocenters. The van der Waals surface area contributed by atoms with E-state index in [1.807, 2.05) is 29.2 Å². The number of anilines is 1. The second-order valence-electron chi connectivity index (χ2n) is 6.90. The van der Waals surface area contributed by atoms with Crippen LogP contribution in [0.15, 0.2) is 58.1 Å². The fourth-order valence-electron chi connectivity index (χ4n) is 3.42. The van der Waals surface area contributed by atoms with E-state index in [1.165, 1.54) is 22.9 Å². The lowest BCUT2D eigenvalue weighted by molar-refractivity contribution is 0.0685. The van der Waals surface area contributed by atoms with Crippen LogP contribution in [-0.4, -0.2) is 34.2 Å². The van der Waals surface area contributed by atoms with Gasteiger partial charge in [-0.05, 0) is 30.2 Å². The van der Waals surface area contributed by atoms with Crippen LogP contribution in [0.1, 0.15) is 18.1 Å². The first-order chi connectivity index (χ1) is 14.0. The maximum atomic E-state index is 14.2. The summed E-state index contributed by atoms with van der Waals surface area (Å²) >= 11 is 3.45. The molecule has 1 aromatic carbocycles. The van der Waals surface area contributed by atoms with Crippen molar-refractivity contribution in [1.82, 2.24) is 14.5 Å². The second-order valence-corrected chi connectivity index (χ2v) is 7.82. The van der Waals surface area contributed by atoms with Gasteiger partial charge in [0.2, 0.25) is 5.95 Å². The van der Waals surface area contributed by atoms with E-state index in [4.69, 9.17) is 4.74 Å². The van der Waals surface area contributed by atoms with Crippen molar-refractivity contribution in [3.05, 3.63) is 75.0 Å². The van der Waals surface area contributed by atoms with Crippen LogP contribution in [0, 0.1) is 5.82 Å². The van der Waals surface area contributed by atoms with E-state index in [0.29, 0.717) is 31.3 Å². The van der Waals surface area contributed by atoms with Crippen molar-refractivity contribution in [2.24, 2.45) is 7.05 Å². The molecule has 1 saturated heterocycles. The number of hydrogen-bond acceptors (Lipinski definition) is 5. The molecule has 0 N–H and O–H groups in total. The first-order valence-electron chi connectivity index (χ1n) is 9.33. The fourth-order valence-corrected chi connectivity index (χ4v) is 3.68. The van der Waals surface area contributed by atoms with Crippen LogP contribution in [0.2, 0.25) is 0 Å². The number of ether oxygens (including phenoxy) is 1. The standard InChI is InChI=1S/C21H20BrFN4O2/c1-26-20(28)11-18(16-7-8-24-12-17(16)23)25-21(26)27-9-2-10-29-19(13-27)14-3-5-15(22)6-4-14/h3-8,11-12,19H,2,9-10,13H2,1H3/t19-/m1/s1. The van der Waals surface area contributed by atoms with Gasteiger partial charge in [-0.2, -0.15) is 0 Å². The van der Waals surface area contributed by atoms with Gasteiger partial charge in [0.25, 0.3) is 5.56 Å². The molecular formula is C21H20BrFN4O2. The summed E-state index contributed by atoms with van der Waals surface area (Å²) in [7, 11) is 1.68. The minimum absolute atomic E-state index is 0.149. The van der Waals surface area contributed by atoms with Gasteiger partial charge in [-0.1, -0.05) is 28.1 Å². The van der Waals surface area contributed by atoms with Gasteiger partial charge >= 0.3 is 0 Å². The highest BCUT2D eigenvalue weighted by Crippen LogP contribution is 2.27. The number of aromatic nitrogens is 3. The van der Waals surface area contributed by atoms with Crippen molar-refractivity contribution >= 4 is 21.9 Å². The van der Waals surface area contributed by atoms with Gasteiger partial charge in [0.1, 0.15) is 6.10 Å². The van der Waals surface area contributed by atoms with Crippen LogP contribution >= 0.6 is 15.9 Å². The molecule has 29 heavy (non-hydrogen) atoms. The maximum Gasteiger partial charge on any atom is 0.255 e. The minimum atomic E-state index is -0.508. The minimum Gasteiger partial charge on any atom is -0.372 e. The molecule has 3 aromatic rings. The average molecular weight is 459 g/mol. The van der Waals surface area contributed by atoms with Gasteiger partial charge in [-0.3, -0.25) is 14.3 Å². The van der Waals surface area contributed by atoms with E-state index in [0.717, 1.165) is 22.7 Å². The number of pyridine rings is 1. The van der Waals surface area contributed by atoms with Crippen LogP contribution in [0.3, 0.4) is 0 Å². The Balaban J connectivity index is 1.71. The number of nitrogens with zero attached hydrogens (tertiary/aromatic N) is 4. The Kier molecular flexibility index (Phi) is 5.73. The lowest BCUT2D eigenvalue weighted by Crippen LogP contribution is -2.34. The smallest absolute Gasteiger partial charge is 0.255 e. The normalized spacial score (nSPS) is 17.2. The quantitative estimate of drug-likeness (QED) is 0.598. The Hall–Kier alpha value is -2.58. The van der Waals surface area contributed by atoms with Crippen LogP contribution < -0.4 is 10.5 Å². The summed E-state index contributed by atoms with van der Waals surface area (Å²) in [4.78, 5) is 23.0. The first kappa shape index (κ1) is 19.7. The number of halogens is 2. The van der Waals surface area contributed by atoms with E-state index in [-0.39, 0.29) is 17.2 Å². The predicted molar refractivity (Wildman–Crippen MR) is 112 cm³/mol. The van der Waals surface area contributed by atoms with Crippen molar-refractivity contribution in [3.8, 4) is 11.3 Å². The summed E-state index contributed by atoms with van der Waals surface area (Å²) in [5.41, 5.74) is 1.37. The molecule has 150 valence electrons. The molecule has 4 rings (SSSR count). The first-order valence-corrected chi connectivity index (χ1v) is 10.1. The zero-order valence-electron chi connectivity index (χ0n) is 15.9.